The van der Waals surface area contributed by atoms with Crippen molar-refractivity contribution in [3.8, 4) is 11.5 Å². The van der Waals surface area contributed by atoms with Crippen LogP contribution < -0.4 is 24.2 Å². The van der Waals surface area contributed by atoms with Crippen molar-refractivity contribution in [3.05, 3.63) is 113 Å². The zero-order chi connectivity index (χ0) is 47.1. The largest absolute Gasteiger partial charge is 0.487 e. The van der Waals surface area contributed by atoms with E-state index in [0.29, 0.717) is 17.7 Å². The summed E-state index contributed by atoms with van der Waals surface area (Å²) in [5.41, 5.74) is -2.62. The number of aryl methyl sites for hydroxylation is 1. The third-order valence-electron chi connectivity index (χ3n) is 8.27. The number of esters is 2. The number of benzene rings is 4. The van der Waals surface area contributed by atoms with Gasteiger partial charge in [-0.1, -0.05) is 23.2 Å². The van der Waals surface area contributed by atoms with E-state index in [1.807, 2.05) is 0 Å². The molecule has 342 valence electrons. The summed E-state index contributed by atoms with van der Waals surface area (Å²) in [6.45, 7) is 0.950. The number of nitrogens with one attached hydrogen (secondary N) is 3. The van der Waals surface area contributed by atoms with Gasteiger partial charge in [0.2, 0.25) is 20.0 Å². The number of rotatable bonds is 18. The summed E-state index contributed by atoms with van der Waals surface area (Å²) in [6.07, 6.45) is -10.00. The fourth-order valence-electron chi connectivity index (χ4n) is 5.25. The fourth-order valence-corrected chi connectivity index (χ4v) is 8.55. The lowest BCUT2D eigenvalue weighted by Crippen LogP contribution is -2.31. The standard InChI is InChI=1S/C38H33Br2Cl2F6N3O10S2/c1-3-62(55,56)50-26-9-21(7-24(15-26)37(43,44)45)18-59-34-28(39)13-23(14-29(34)40)36(54)49-17-33(53)61-32(52)6-5-20-11-30(41)35(31(42)12-20)60-19-22-8-25(38(46,47)48)16-27(10-22)51-63(57,58)4-2/h7-16,50-51H,3-6,17-19H2,1-2H3,(H,49,54). The van der Waals surface area contributed by atoms with Gasteiger partial charge in [-0.25, -0.2) is 21.6 Å². The Labute approximate surface area is 383 Å². The summed E-state index contributed by atoms with van der Waals surface area (Å²) >= 11 is 19.1. The van der Waals surface area contributed by atoms with E-state index in [2.05, 4.69) is 46.6 Å². The fraction of sp³-hybridized carbons (Fsp3) is 0.289. The second-order valence-electron chi connectivity index (χ2n) is 13.1. The summed E-state index contributed by atoms with van der Waals surface area (Å²) in [7, 11) is -7.79. The van der Waals surface area contributed by atoms with Crippen molar-refractivity contribution < 1.29 is 71.8 Å². The van der Waals surface area contributed by atoms with Crippen LogP contribution in [0.4, 0.5) is 37.7 Å². The van der Waals surface area contributed by atoms with E-state index in [9.17, 15) is 57.6 Å². The molecule has 3 N–H and O–H groups in total. The van der Waals surface area contributed by atoms with Crippen molar-refractivity contribution in [3.63, 3.8) is 0 Å². The van der Waals surface area contributed by atoms with Gasteiger partial charge in [0.25, 0.3) is 5.91 Å². The molecule has 0 aromatic heterocycles. The van der Waals surface area contributed by atoms with Gasteiger partial charge in [0.15, 0.2) is 5.75 Å². The number of amides is 1. The molecule has 0 saturated heterocycles. The van der Waals surface area contributed by atoms with E-state index < -0.39 is 81.1 Å². The Hall–Kier alpha value is -4.29. The predicted octanol–water partition coefficient (Wildman–Crippen LogP) is 9.67. The van der Waals surface area contributed by atoms with E-state index in [-0.39, 0.29) is 82.9 Å². The molecule has 4 aromatic carbocycles. The molecule has 0 fully saturated rings. The minimum atomic E-state index is -4.80. The maximum Gasteiger partial charge on any atom is 0.416 e. The molecule has 0 aliphatic heterocycles. The molecular weight excluding hydrogens is 1070 g/mol. The van der Waals surface area contributed by atoms with Crippen LogP contribution in [0.25, 0.3) is 0 Å². The molecule has 0 spiro atoms. The molecule has 0 aliphatic carbocycles. The smallest absolute Gasteiger partial charge is 0.416 e. The average molecular weight is 1100 g/mol. The highest BCUT2D eigenvalue weighted by Gasteiger charge is 2.33. The van der Waals surface area contributed by atoms with E-state index in [0.717, 1.165) is 18.2 Å². The lowest BCUT2D eigenvalue weighted by molar-refractivity contribution is -0.159. The van der Waals surface area contributed by atoms with Crippen LogP contribution in [0.2, 0.25) is 10.0 Å². The van der Waals surface area contributed by atoms with Crippen molar-refractivity contribution in [2.24, 2.45) is 0 Å². The second kappa shape index (κ2) is 21.1. The van der Waals surface area contributed by atoms with Crippen LogP contribution in [-0.4, -0.2) is 52.7 Å². The van der Waals surface area contributed by atoms with Crippen molar-refractivity contribution in [2.45, 2.75) is 52.3 Å². The molecule has 0 bridgehead atoms. The van der Waals surface area contributed by atoms with Gasteiger partial charge in [0.05, 0.1) is 48.0 Å². The molecule has 13 nitrogen and oxygen atoms in total. The molecule has 4 rings (SSSR count). The first kappa shape index (κ1) is 51.3. The van der Waals surface area contributed by atoms with Crippen molar-refractivity contribution >= 4 is 104 Å². The van der Waals surface area contributed by atoms with Crippen LogP contribution >= 0.6 is 55.1 Å². The number of sulfonamides is 2. The number of hydrogen-bond donors (Lipinski definition) is 3. The molecule has 0 saturated carbocycles. The van der Waals surface area contributed by atoms with E-state index in [4.69, 9.17) is 37.4 Å². The van der Waals surface area contributed by atoms with E-state index in [1.54, 1.807) is 0 Å². The first-order valence-corrected chi connectivity index (χ1v) is 23.5. The number of alkyl halides is 6. The Bertz CT molecular complexity index is 2570. The Morgan fingerprint density at radius 3 is 1.51 bits per heavy atom. The summed E-state index contributed by atoms with van der Waals surface area (Å²) in [6, 6.07) is 10.5. The maximum atomic E-state index is 13.6. The van der Waals surface area contributed by atoms with Crippen LogP contribution in [0.3, 0.4) is 0 Å². The van der Waals surface area contributed by atoms with E-state index in [1.165, 1.54) is 44.2 Å². The first-order valence-electron chi connectivity index (χ1n) is 17.9. The molecule has 0 atom stereocenters. The van der Waals surface area contributed by atoms with Gasteiger partial charge in [-0.2, -0.15) is 26.3 Å². The highest BCUT2D eigenvalue weighted by atomic mass is 79.9. The minimum Gasteiger partial charge on any atom is -0.487 e. The highest BCUT2D eigenvalue weighted by Crippen LogP contribution is 2.39. The molecule has 1 amide bonds. The topological polar surface area (TPSA) is 183 Å². The van der Waals surface area contributed by atoms with Gasteiger partial charge in [-0.15, -0.1) is 0 Å². The summed E-state index contributed by atoms with van der Waals surface area (Å²) in [5, 5.41) is 2.13. The van der Waals surface area contributed by atoms with E-state index >= 15 is 0 Å². The zero-order valence-electron chi connectivity index (χ0n) is 32.4. The molecule has 0 unspecified atom stereocenters. The number of carbonyl (C=O) groups is 3. The minimum absolute atomic E-state index is 0.0178. The number of hydrogen-bond acceptors (Lipinski definition) is 10. The second-order valence-corrected chi connectivity index (χ2v) is 19.7. The average Bonchev–Trinajstić information content (AvgIpc) is 3.17. The summed E-state index contributed by atoms with van der Waals surface area (Å²) in [4.78, 5) is 37.7. The molecule has 0 radical (unpaired) electrons. The Kier molecular flexibility index (Phi) is 17.2. The van der Waals surface area contributed by atoms with Gasteiger partial charge < -0.3 is 19.5 Å². The number of anilines is 2. The first-order chi connectivity index (χ1) is 29.2. The monoisotopic (exact) mass is 1100 g/mol. The third kappa shape index (κ3) is 15.4. The molecule has 0 aliphatic rings. The van der Waals surface area contributed by atoms with Crippen molar-refractivity contribution in [1.82, 2.24) is 5.32 Å². The van der Waals surface area contributed by atoms with Crippen LogP contribution in [-0.2, 0) is 66.4 Å². The predicted molar refractivity (Wildman–Crippen MR) is 228 cm³/mol. The van der Waals surface area contributed by atoms with Crippen LogP contribution in [0.5, 0.6) is 11.5 Å². The Morgan fingerprint density at radius 1 is 0.635 bits per heavy atom. The Balaban J connectivity index is 1.30. The van der Waals surface area contributed by atoms with Crippen LogP contribution in [0, 0.1) is 0 Å². The van der Waals surface area contributed by atoms with Gasteiger partial charge in [0.1, 0.15) is 25.5 Å². The van der Waals surface area contributed by atoms with Gasteiger partial charge in [-0.3, -0.25) is 19.0 Å². The van der Waals surface area contributed by atoms with Gasteiger partial charge in [-0.05, 0) is 129 Å². The van der Waals surface area contributed by atoms with Crippen LogP contribution in [0.1, 0.15) is 58.4 Å². The van der Waals surface area contributed by atoms with Gasteiger partial charge in [0, 0.05) is 16.9 Å². The molecule has 0 heterocycles. The number of carbonyl (C=O) groups excluding carboxylic acids is 3. The lowest BCUT2D eigenvalue weighted by atomic mass is 10.1. The molecule has 4 aromatic rings. The SMILES string of the molecule is CCS(=O)(=O)Nc1cc(COc2c(Cl)cc(CCC(=O)OC(=O)CNC(=O)c3cc(Br)c(OCc4cc(NS(=O)(=O)CC)cc(C(F)(F)F)c4)c(Br)c3)cc2Cl)cc(C(F)(F)F)c1. The van der Waals surface area contributed by atoms with Gasteiger partial charge >= 0.3 is 24.3 Å². The Morgan fingerprint density at radius 2 is 1.08 bits per heavy atom. The lowest BCUT2D eigenvalue weighted by Gasteiger charge is -2.16. The summed E-state index contributed by atoms with van der Waals surface area (Å²) < 4.78 is 150. The maximum absolute atomic E-state index is 13.6. The number of halogens is 10. The van der Waals surface area contributed by atoms with Crippen LogP contribution in [0.15, 0.2) is 69.6 Å². The molecule has 25 heteroatoms. The quantitative estimate of drug-likeness (QED) is 0.0493. The summed E-state index contributed by atoms with van der Waals surface area (Å²) in [5.74, 6) is -3.69. The molecule has 63 heavy (non-hydrogen) atoms. The zero-order valence-corrected chi connectivity index (χ0v) is 38.7. The highest BCUT2D eigenvalue weighted by molar-refractivity contribution is 9.11. The molecular formula is C38H33Br2Cl2F6N3O10S2. The normalized spacial score (nSPS) is 12.1. The van der Waals surface area contributed by atoms with Crippen molar-refractivity contribution in [1.29, 1.82) is 0 Å². The third-order valence-corrected chi connectivity index (χ3v) is 12.6. The van der Waals surface area contributed by atoms with Crippen molar-refractivity contribution in [2.75, 3.05) is 27.5 Å². The number of ether oxygens (including phenoxy) is 3.